The maximum absolute atomic E-state index is 12.6. The molecule has 3 rings (SSSR count). The summed E-state index contributed by atoms with van der Waals surface area (Å²) in [5.41, 5.74) is 3.78. The zero-order valence-electron chi connectivity index (χ0n) is 11.1. The second-order valence-electron chi connectivity index (χ2n) is 4.90. The van der Waals surface area contributed by atoms with Crippen molar-refractivity contribution in [3.05, 3.63) is 69.8 Å². The number of ketones is 1. The van der Waals surface area contributed by atoms with Gasteiger partial charge in [0, 0.05) is 33.1 Å². The fraction of sp³-hybridized carbons (Fsp3) is 0.118. The van der Waals surface area contributed by atoms with Crippen LogP contribution in [-0.2, 0) is 6.42 Å². The number of aromatic nitrogens is 1. The number of aromatic amines is 1. The molecule has 3 heteroatoms. The van der Waals surface area contributed by atoms with Crippen LogP contribution in [0.25, 0.3) is 10.9 Å². The molecule has 100 valence electrons. The van der Waals surface area contributed by atoms with Gasteiger partial charge in [-0.1, -0.05) is 46.3 Å². The minimum atomic E-state index is 0.151. The lowest BCUT2D eigenvalue weighted by molar-refractivity contribution is 0.0994. The normalized spacial score (nSPS) is 10.9. The molecule has 20 heavy (non-hydrogen) atoms. The number of aryl methyl sites for hydroxylation is 1. The Bertz CT molecular complexity index is 789. The van der Waals surface area contributed by atoms with E-state index < -0.39 is 0 Å². The molecular weight excluding hydrogens is 314 g/mol. The van der Waals surface area contributed by atoms with E-state index in [2.05, 4.69) is 20.9 Å². The molecule has 0 radical (unpaired) electrons. The third kappa shape index (κ3) is 2.41. The third-order valence-electron chi connectivity index (χ3n) is 3.43. The van der Waals surface area contributed by atoms with Crippen LogP contribution in [0.3, 0.4) is 0 Å². The zero-order valence-corrected chi connectivity index (χ0v) is 12.7. The number of hydrogen-bond donors (Lipinski definition) is 1. The molecule has 0 fully saturated rings. The number of H-pyrrole nitrogens is 1. The van der Waals surface area contributed by atoms with Crippen molar-refractivity contribution in [1.29, 1.82) is 0 Å². The minimum absolute atomic E-state index is 0.151. The van der Waals surface area contributed by atoms with Gasteiger partial charge in [-0.3, -0.25) is 4.79 Å². The van der Waals surface area contributed by atoms with E-state index in [-0.39, 0.29) is 5.78 Å². The predicted octanol–water partition coefficient (Wildman–Crippen LogP) is 4.66. The van der Waals surface area contributed by atoms with Crippen LogP contribution in [0.1, 0.15) is 21.6 Å². The van der Waals surface area contributed by atoms with E-state index in [0.29, 0.717) is 6.42 Å². The van der Waals surface area contributed by atoms with Crippen molar-refractivity contribution >= 4 is 32.6 Å². The highest BCUT2D eigenvalue weighted by atomic mass is 79.9. The summed E-state index contributed by atoms with van der Waals surface area (Å²) in [6, 6.07) is 15.8. The summed E-state index contributed by atoms with van der Waals surface area (Å²) < 4.78 is 0.999. The van der Waals surface area contributed by atoms with Crippen LogP contribution < -0.4 is 0 Å². The number of para-hydroxylation sites is 1. The summed E-state index contributed by atoms with van der Waals surface area (Å²) in [5, 5.41) is 1.00. The van der Waals surface area contributed by atoms with Crippen LogP contribution in [0.2, 0.25) is 0 Å². The topological polar surface area (TPSA) is 32.9 Å². The maximum atomic E-state index is 12.6. The van der Waals surface area contributed by atoms with Gasteiger partial charge in [-0.25, -0.2) is 0 Å². The summed E-state index contributed by atoms with van der Waals surface area (Å²) >= 11 is 3.44. The highest BCUT2D eigenvalue weighted by Gasteiger charge is 2.16. The zero-order chi connectivity index (χ0) is 14.1. The van der Waals surface area contributed by atoms with E-state index in [9.17, 15) is 4.79 Å². The van der Waals surface area contributed by atoms with Crippen molar-refractivity contribution in [3.63, 3.8) is 0 Å². The molecule has 0 amide bonds. The summed E-state index contributed by atoms with van der Waals surface area (Å²) in [4.78, 5) is 15.9. The molecule has 3 aromatic rings. The van der Waals surface area contributed by atoms with Gasteiger partial charge in [0.1, 0.15) is 0 Å². The monoisotopic (exact) mass is 327 g/mol. The van der Waals surface area contributed by atoms with Crippen molar-refractivity contribution in [2.45, 2.75) is 13.3 Å². The van der Waals surface area contributed by atoms with Crippen molar-refractivity contribution in [2.24, 2.45) is 0 Å². The molecule has 0 atom stereocenters. The quantitative estimate of drug-likeness (QED) is 0.697. The van der Waals surface area contributed by atoms with E-state index in [1.807, 2.05) is 55.5 Å². The molecule has 0 unspecified atom stereocenters. The van der Waals surface area contributed by atoms with E-state index in [1.54, 1.807) is 0 Å². The van der Waals surface area contributed by atoms with Crippen molar-refractivity contribution in [3.8, 4) is 0 Å². The van der Waals surface area contributed by atoms with Crippen LogP contribution >= 0.6 is 15.9 Å². The molecule has 0 aliphatic carbocycles. The number of rotatable bonds is 3. The number of carbonyl (C=O) groups excluding carboxylic acids is 1. The summed E-state index contributed by atoms with van der Waals surface area (Å²) in [6.07, 6.45) is 0.419. The minimum Gasteiger partial charge on any atom is -0.358 e. The van der Waals surface area contributed by atoms with Gasteiger partial charge >= 0.3 is 0 Å². The Morgan fingerprint density at radius 3 is 2.75 bits per heavy atom. The molecular formula is C17H14BrNO. The fourth-order valence-corrected chi connectivity index (χ4v) is 3.00. The lowest BCUT2D eigenvalue weighted by atomic mass is 10.0. The van der Waals surface area contributed by atoms with E-state index in [0.717, 1.165) is 32.2 Å². The predicted molar refractivity (Wildman–Crippen MR) is 85.2 cm³/mol. The molecule has 1 aromatic heterocycles. The number of Topliss-reactive ketones (excluding diaryl/α,β-unsaturated/α-hetero) is 1. The molecule has 2 aromatic carbocycles. The van der Waals surface area contributed by atoms with Gasteiger partial charge in [-0.15, -0.1) is 0 Å². The number of nitrogens with one attached hydrogen (secondary N) is 1. The smallest absolute Gasteiger partial charge is 0.169 e. The maximum Gasteiger partial charge on any atom is 0.169 e. The molecule has 0 aliphatic heterocycles. The Morgan fingerprint density at radius 1 is 1.15 bits per heavy atom. The standard InChI is InChI=1S/C17H14BrNO/c1-11-17(14-7-2-3-8-15(14)19-11)16(20)10-12-5-4-6-13(18)9-12/h2-9,19H,10H2,1H3. The Kier molecular flexibility index (Phi) is 3.45. The molecule has 1 N–H and O–H groups in total. The highest BCUT2D eigenvalue weighted by Crippen LogP contribution is 2.24. The van der Waals surface area contributed by atoms with Gasteiger partial charge in [-0.05, 0) is 30.7 Å². The van der Waals surface area contributed by atoms with Gasteiger partial charge in [0.15, 0.2) is 5.78 Å². The van der Waals surface area contributed by atoms with E-state index in [4.69, 9.17) is 0 Å². The Balaban J connectivity index is 1.99. The Hall–Kier alpha value is -1.87. The summed E-state index contributed by atoms with van der Waals surface area (Å²) in [7, 11) is 0. The second kappa shape index (κ2) is 5.25. The largest absolute Gasteiger partial charge is 0.358 e. The summed E-state index contributed by atoms with van der Waals surface area (Å²) in [6.45, 7) is 1.95. The summed E-state index contributed by atoms with van der Waals surface area (Å²) in [5.74, 6) is 0.151. The Morgan fingerprint density at radius 2 is 1.95 bits per heavy atom. The van der Waals surface area contributed by atoms with Crippen LogP contribution in [0.5, 0.6) is 0 Å². The van der Waals surface area contributed by atoms with Gasteiger partial charge in [0.2, 0.25) is 0 Å². The van der Waals surface area contributed by atoms with Gasteiger partial charge < -0.3 is 4.98 Å². The van der Waals surface area contributed by atoms with Crippen LogP contribution in [0.15, 0.2) is 53.0 Å². The van der Waals surface area contributed by atoms with E-state index in [1.165, 1.54) is 0 Å². The Labute approximate surface area is 126 Å². The lowest BCUT2D eigenvalue weighted by Gasteiger charge is -2.03. The molecule has 0 aliphatic rings. The van der Waals surface area contributed by atoms with Gasteiger partial charge in [-0.2, -0.15) is 0 Å². The van der Waals surface area contributed by atoms with Crippen LogP contribution in [0.4, 0.5) is 0 Å². The molecule has 0 bridgehead atoms. The van der Waals surface area contributed by atoms with Crippen molar-refractivity contribution in [2.75, 3.05) is 0 Å². The van der Waals surface area contributed by atoms with Crippen molar-refractivity contribution in [1.82, 2.24) is 4.98 Å². The second-order valence-corrected chi connectivity index (χ2v) is 5.82. The first-order valence-corrected chi connectivity index (χ1v) is 7.29. The number of halogens is 1. The average Bonchev–Trinajstić information content (AvgIpc) is 2.74. The molecule has 0 saturated carbocycles. The van der Waals surface area contributed by atoms with E-state index >= 15 is 0 Å². The highest BCUT2D eigenvalue weighted by molar-refractivity contribution is 9.10. The first kappa shape index (κ1) is 13.1. The first-order valence-electron chi connectivity index (χ1n) is 6.50. The molecule has 0 spiro atoms. The lowest BCUT2D eigenvalue weighted by Crippen LogP contribution is -2.04. The third-order valence-corrected chi connectivity index (χ3v) is 3.92. The van der Waals surface area contributed by atoms with Gasteiger partial charge in [0.25, 0.3) is 0 Å². The van der Waals surface area contributed by atoms with Crippen molar-refractivity contribution < 1.29 is 4.79 Å². The molecule has 1 heterocycles. The fourth-order valence-electron chi connectivity index (χ4n) is 2.56. The number of carbonyl (C=O) groups is 1. The number of fused-ring (bicyclic) bond motifs is 1. The molecule has 2 nitrogen and oxygen atoms in total. The first-order chi connectivity index (χ1) is 9.65. The van der Waals surface area contributed by atoms with Gasteiger partial charge in [0.05, 0.1) is 0 Å². The number of benzene rings is 2. The van der Waals surface area contributed by atoms with Crippen LogP contribution in [-0.4, -0.2) is 10.8 Å². The SMILES string of the molecule is Cc1[nH]c2ccccc2c1C(=O)Cc1cccc(Br)c1. The van der Waals surface area contributed by atoms with Crippen LogP contribution in [0, 0.1) is 6.92 Å². The average molecular weight is 328 g/mol. The molecule has 0 saturated heterocycles. The number of hydrogen-bond acceptors (Lipinski definition) is 1.